The van der Waals surface area contributed by atoms with Crippen LogP contribution in [0.3, 0.4) is 0 Å². The molecule has 1 aromatic rings. The van der Waals surface area contributed by atoms with Crippen LogP contribution in [0.2, 0.25) is 0 Å². The largest absolute Gasteiger partial charge is 0.379 e. The van der Waals surface area contributed by atoms with Gasteiger partial charge in [-0.05, 0) is 24.5 Å². The van der Waals surface area contributed by atoms with Gasteiger partial charge in [0.1, 0.15) is 0 Å². The number of carbonyl (C=O) groups excluding carboxylic acids is 1. The molecule has 1 amide bonds. The number of amides is 1. The molecule has 0 radical (unpaired) electrons. The van der Waals surface area contributed by atoms with Crippen LogP contribution in [0.4, 0.5) is 0 Å². The Morgan fingerprint density at radius 1 is 1.55 bits per heavy atom. The van der Waals surface area contributed by atoms with Crippen molar-refractivity contribution in [1.82, 2.24) is 5.32 Å². The first kappa shape index (κ1) is 16.7. The molecule has 0 aromatic carbocycles. The van der Waals surface area contributed by atoms with Gasteiger partial charge in [-0.3, -0.25) is 4.79 Å². The van der Waals surface area contributed by atoms with E-state index in [1.165, 1.54) is 11.3 Å². The number of rotatable bonds is 6. The minimum absolute atomic E-state index is 0.0768. The van der Waals surface area contributed by atoms with Crippen molar-refractivity contribution in [3.05, 3.63) is 21.4 Å². The van der Waals surface area contributed by atoms with Crippen molar-refractivity contribution >= 4 is 17.2 Å². The van der Waals surface area contributed by atoms with Crippen LogP contribution in [-0.2, 0) is 4.74 Å². The Labute approximate surface area is 124 Å². The Hall–Kier alpha value is -1.35. The zero-order valence-corrected chi connectivity index (χ0v) is 13.1. The number of carbonyl (C=O) groups is 1. The smallest absolute Gasteiger partial charge is 0.261 e. The van der Waals surface area contributed by atoms with Crippen LogP contribution in [0, 0.1) is 24.7 Å². The molecule has 1 rings (SSSR count). The zero-order chi connectivity index (χ0) is 15.0. The van der Waals surface area contributed by atoms with Gasteiger partial charge in [0.05, 0.1) is 22.9 Å². The van der Waals surface area contributed by atoms with Gasteiger partial charge in [-0.2, -0.15) is 0 Å². The second-order valence-electron chi connectivity index (χ2n) is 4.85. The van der Waals surface area contributed by atoms with E-state index in [0.717, 1.165) is 10.4 Å². The van der Waals surface area contributed by atoms with Crippen LogP contribution in [-0.4, -0.2) is 32.2 Å². The summed E-state index contributed by atoms with van der Waals surface area (Å²) in [6.07, 6.45) is 0. The molecule has 0 atom stereocenters. The van der Waals surface area contributed by atoms with Crippen LogP contribution in [0.15, 0.2) is 6.07 Å². The van der Waals surface area contributed by atoms with Crippen molar-refractivity contribution in [3.63, 3.8) is 0 Å². The molecular weight excluding hydrogens is 272 g/mol. The highest BCUT2D eigenvalue weighted by molar-refractivity contribution is 7.14. The van der Waals surface area contributed by atoms with Gasteiger partial charge in [-0.1, -0.05) is 25.7 Å². The molecule has 0 aliphatic rings. The van der Waals surface area contributed by atoms with E-state index >= 15 is 0 Å². The fourth-order valence-corrected chi connectivity index (χ4v) is 2.46. The summed E-state index contributed by atoms with van der Waals surface area (Å²) in [7, 11) is 0. The maximum Gasteiger partial charge on any atom is 0.261 e. The number of hydrogen-bond acceptors (Lipinski definition) is 4. The molecule has 0 aliphatic heterocycles. The summed E-state index contributed by atoms with van der Waals surface area (Å²) in [5.41, 5.74) is 6.36. The fourth-order valence-electron chi connectivity index (χ4n) is 1.49. The van der Waals surface area contributed by atoms with Crippen LogP contribution in [0.5, 0.6) is 0 Å². The molecule has 20 heavy (non-hydrogen) atoms. The Bertz CT molecular complexity index is 498. The van der Waals surface area contributed by atoms with Crippen LogP contribution >= 0.6 is 11.3 Å². The highest BCUT2D eigenvalue weighted by atomic mass is 32.1. The quantitative estimate of drug-likeness (QED) is 0.621. The fraction of sp³-hybridized carbons (Fsp3) is 0.533. The van der Waals surface area contributed by atoms with E-state index < -0.39 is 0 Å². The summed E-state index contributed by atoms with van der Waals surface area (Å²) >= 11 is 1.39. The monoisotopic (exact) mass is 294 g/mol. The van der Waals surface area contributed by atoms with Crippen LogP contribution in [0.1, 0.15) is 34.0 Å². The maximum absolute atomic E-state index is 12.0. The lowest BCUT2D eigenvalue weighted by atomic mass is 10.2. The lowest BCUT2D eigenvalue weighted by Crippen LogP contribution is -2.27. The summed E-state index contributed by atoms with van der Waals surface area (Å²) in [6.45, 7) is 8.23. The van der Waals surface area contributed by atoms with Gasteiger partial charge in [0.25, 0.3) is 5.91 Å². The second kappa shape index (κ2) is 8.75. The molecule has 0 saturated heterocycles. The lowest BCUT2D eigenvalue weighted by molar-refractivity contribution is 0.0889. The van der Waals surface area contributed by atoms with Gasteiger partial charge in [0, 0.05) is 13.2 Å². The second-order valence-corrected chi connectivity index (χ2v) is 5.91. The average molecular weight is 294 g/mol. The Morgan fingerprint density at radius 3 is 2.95 bits per heavy atom. The summed E-state index contributed by atoms with van der Waals surface area (Å²) in [6, 6.07) is 1.86. The highest BCUT2D eigenvalue weighted by Gasteiger charge is 2.10. The van der Waals surface area contributed by atoms with E-state index in [9.17, 15) is 4.79 Å². The molecular formula is C15H22N2O2S. The molecule has 1 aromatic heterocycles. The van der Waals surface area contributed by atoms with Gasteiger partial charge < -0.3 is 15.8 Å². The van der Waals surface area contributed by atoms with E-state index in [-0.39, 0.29) is 5.91 Å². The van der Waals surface area contributed by atoms with E-state index in [0.29, 0.717) is 37.1 Å². The molecule has 4 nitrogen and oxygen atoms in total. The summed E-state index contributed by atoms with van der Waals surface area (Å²) in [4.78, 5) is 13.5. The number of aryl methyl sites for hydroxylation is 1. The number of hydrogen-bond donors (Lipinski definition) is 2. The minimum Gasteiger partial charge on any atom is -0.379 e. The van der Waals surface area contributed by atoms with Crippen LogP contribution < -0.4 is 11.1 Å². The van der Waals surface area contributed by atoms with Crippen molar-refractivity contribution in [1.29, 1.82) is 0 Å². The van der Waals surface area contributed by atoms with Crippen molar-refractivity contribution in [3.8, 4) is 11.8 Å². The number of ether oxygens (including phenoxy) is 1. The molecule has 110 valence electrons. The topological polar surface area (TPSA) is 64.3 Å². The standard InChI is InChI=1S/C15H22N2O2S/c1-11(2)10-19-8-7-17-15(18)14-9-12(3)13(20-14)5-4-6-16/h9,11H,6-8,10,16H2,1-3H3,(H,17,18). The predicted molar refractivity (Wildman–Crippen MR) is 83.0 cm³/mol. The summed E-state index contributed by atoms with van der Waals surface area (Å²) in [5, 5.41) is 2.84. The summed E-state index contributed by atoms with van der Waals surface area (Å²) < 4.78 is 5.42. The average Bonchev–Trinajstić information content (AvgIpc) is 2.77. The van der Waals surface area contributed by atoms with Crippen molar-refractivity contribution in [2.45, 2.75) is 20.8 Å². The lowest BCUT2D eigenvalue weighted by Gasteiger charge is -2.07. The third-order valence-corrected chi connectivity index (χ3v) is 3.58. The minimum atomic E-state index is -0.0768. The molecule has 5 heteroatoms. The van der Waals surface area contributed by atoms with Gasteiger partial charge >= 0.3 is 0 Å². The van der Waals surface area contributed by atoms with E-state index in [1.54, 1.807) is 0 Å². The normalized spacial score (nSPS) is 10.2. The number of thiophene rings is 1. The van der Waals surface area contributed by atoms with E-state index in [2.05, 4.69) is 31.0 Å². The third kappa shape index (κ3) is 5.74. The van der Waals surface area contributed by atoms with E-state index in [4.69, 9.17) is 10.5 Å². The molecule has 0 saturated carbocycles. The van der Waals surface area contributed by atoms with Crippen molar-refractivity contribution in [2.75, 3.05) is 26.3 Å². The van der Waals surface area contributed by atoms with Crippen LogP contribution in [0.25, 0.3) is 0 Å². The number of nitrogens with one attached hydrogen (secondary N) is 1. The molecule has 0 bridgehead atoms. The highest BCUT2D eigenvalue weighted by Crippen LogP contribution is 2.20. The van der Waals surface area contributed by atoms with Crippen molar-refractivity contribution < 1.29 is 9.53 Å². The molecule has 3 N–H and O–H groups in total. The Balaban J connectivity index is 2.44. The third-order valence-electron chi connectivity index (χ3n) is 2.43. The molecule has 0 aliphatic carbocycles. The van der Waals surface area contributed by atoms with Gasteiger partial charge in [0.15, 0.2) is 0 Å². The summed E-state index contributed by atoms with van der Waals surface area (Å²) in [5.74, 6) is 6.21. The molecule has 0 unspecified atom stereocenters. The van der Waals surface area contributed by atoms with Gasteiger partial charge in [-0.15, -0.1) is 11.3 Å². The van der Waals surface area contributed by atoms with Gasteiger partial charge in [0.2, 0.25) is 0 Å². The Morgan fingerprint density at radius 2 is 2.30 bits per heavy atom. The number of nitrogens with two attached hydrogens (primary N) is 1. The van der Waals surface area contributed by atoms with Crippen molar-refractivity contribution in [2.24, 2.45) is 11.7 Å². The SMILES string of the molecule is Cc1cc(C(=O)NCCOCC(C)C)sc1C#CCN. The van der Waals surface area contributed by atoms with Gasteiger partial charge in [-0.25, -0.2) is 0 Å². The molecule has 0 fully saturated rings. The first-order chi connectivity index (χ1) is 9.54. The first-order valence-corrected chi connectivity index (χ1v) is 7.51. The molecule has 1 heterocycles. The first-order valence-electron chi connectivity index (χ1n) is 6.70. The predicted octanol–water partition coefficient (Wildman–Crippen LogP) is 1.77. The zero-order valence-electron chi connectivity index (χ0n) is 12.3. The Kier molecular flexibility index (Phi) is 7.31. The maximum atomic E-state index is 12.0. The van der Waals surface area contributed by atoms with E-state index in [1.807, 2.05) is 13.0 Å². The molecule has 0 spiro atoms.